The molecule has 7 nitrogen and oxygen atoms in total. The fraction of sp³-hybridized carbons (Fsp3) is 0.368. The number of carbonyl (C=O) groups is 1. The Hall–Kier alpha value is -4.56. The SMILES string of the molecule is C=C(NC(C)C(C)C)c1ccc(C#Cc2ccc(C)cc2)cc1.CC.CC(=O)CC(C)O.NC#CO.NCCc1cccnc1. The number of nitrogens with one attached hydrogen (secondary N) is 1. The Morgan fingerprint density at radius 2 is 1.49 bits per heavy atom. The van der Waals surface area contributed by atoms with Crippen LogP contribution in [0, 0.1) is 36.8 Å². The molecule has 3 rings (SSSR count). The summed E-state index contributed by atoms with van der Waals surface area (Å²) in [4.78, 5) is 14.0. The molecule has 45 heavy (non-hydrogen) atoms. The summed E-state index contributed by atoms with van der Waals surface area (Å²) >= 11 is 0. The van der Waals surface area contributed by atoms with Crippen LogP contribution < -0.4 is 16.8 Å². The zero-order chi connectivity index (χ0) is 34.6. The van der Waals surface area contributed by atoms with Crippen molar-refractivity contribution in [2.45, 2.75) is 80.4 Å². The molecule has 0 fully saturated rings. The Balaban J connectivity index is 0. The Bertz CT molecular complexity index is 1310. The summed E-state index contributed by atoms with van der Waals surface area (Å²) in [5.74, 6) is 7.01. The number of rotatable bonds is 8. The van der Waals surface area contributed by atoms with Crippen molar-refractivity contribution in [2.24, 2.45) is 17.4 Å². The van der Waals surface area contributed by atoms with Crippen LogP contribution in [0.15, 0.2) is 79.6 Å². The number of carbonyl (C=O) groups excluding carboxylic acids is 1. The lowest BCUT2D eigenvalue weighted by Crippen LogP contribution is -2.28. The standard InChI is InChI=1S/C22H25N.C7H10N2.C5H10O2.C2H3NO.C2H6/c1-16(2)18(4)23-19(5)22-14-12-21(13-15-22)11-10-20-8-6-17(3)7-9-20;8-4-3-7-2-1-5-9-6-7;1-4(6)3-5(2)7;3-1-2-4;1-2/h6-9,12-16,18,23H,5H2,1-4H3;1-2,5-6H,3-4,8H2;4,6H,3H2,1-2H3;4H,3H2;1-2H3. The van der Waals surface area contributed by atoms with Crippen LogP contribution in [0.5, 0.6) is 0 Å². The maximum absolute atomic E-state index is 10.1. The first-order valence-corrected chi connectivity index (χ1v) is 15.2. The smallest absolute Gasteiger partial charge is 0.132 e. The molecule has 0 amide bonds. The summed E-state index contributed by atoms with van der Waals surface area (Å²) in [6.07, 6.45) is 5.79. The van der Waals surface area contributed by atoms with Gasteiger partial charge in [-0.15, -0.1) is 0 Å². The van der Waals surface area contributed by atoms with E-state index < -0.39 is 6.10 Å². The van der Waals surface area contributed by atoms with Gasteiger partial charge in [-0.1, -0.05) is 82.0 Å². The number of benzene rings is 2. The molecule has 0 saturated carbocycles. The monoisotopic (exact) mass is 614 g/mol. The first-order chi connectivity index (χ1) is 21.4. The molecule has 0 radical (unpaired) electrons. The summed E-state index contributed by atoms with van der Waals surface area (Å²) in [6, 6.07) is 22.6. The summed E-state index contributed by atoms with van der Waals surface area (Å²) in [5, 5.41) is 19.3. The van der Waals surface area contributed by atoms with Gasteiger partial charge in [0.15, 0.2) is 0 Å². The van der Waals surface area contributed by atoms with Gasteiger partial charge in [-0.25, -0.2) is 0 Å². The molecule has 0 saturated heterocycles. The van der Waals surface area contributed by atoms with Crippen LogP contribution in [0.25, 0.3) is 5.70 Å². The second-order valence-electron chi connectivity index (χ2n) is 10.3. The predicted molar refractivity (Wildman–Crippen MR) is 189 cm³/mol. The minimum absolute atomic E-state index is 0.0370. The van der Waals surface area contributed by atoms with Crippen molar-refractivity contribution in [3.63, 3.8) is 0 Å². The number of nitrogens with two attached hydrogens (primary N) is 2. The van der Waals surface area contributed by atoms with Crippen LogP contribution in [-0.2, 0) is 11.2 Å². The second-order valence-corrected chi connectivity index (χ2v) is 10.3. The number of aryl methyl sites for hydroxylation is 1. The van der Waals surface area contributed by atoms with Crippen LogP contribution in [0.3, 0.4) is 0 Å². The molecule has 7 heteroatoms. The van der Waals surface area contributed by atoms with Gasteiger partial charge >= 0.3 is 0 Å². The highest BCUT2D eigenvalue weighted by Gasteiger charge is 2.08. The van der Waals surface area contributed by atoms with Crippen molar-refractivity contribution in [1.82, 2.24) is 10.3 Å². The number of hydrogen-bond donors (Lipinski definition) is 5. The van der Waals surface area contributed by atoms with Crippen molar-refractivity contribution in [3.05, 3.63) is 107 Å². The molecule has 2 atom stereocenters. The lowest BCUT2D eigenvalue weighted by molar-refractivity contribution is -0.118. The molecule has 0 spiro atoms. The average molecular weight is 615 g/mol. The van der Waals surface area contributed by atoms with Gasteiger partial charge in [0.25, 0.3) is 0 Å². The maximum Gasteiger partial charge on any atom is 0.132 e. The van der Waals surface area contributed by atoms with Gasteiger partial charge in [-0.05, 0) is 88.0 Å². The van der Waals surface area contributed by atoms with Crippen LogP contribution >= 0.6 is 0 Å². The number of aliphatic hydroxyl groups is 2. The van der Waals surface area contributed by atoms with E-state index in [1.54, 1.807) is 19.2 Å². The van der Waals surface area contributed by atoms with E-state index in [9.17, 15) is 4.79 Å². The number of Topliss-reactive ketones (excluding diaryl/α,β-unsaturated/α-hetero) is 1. The lowest BCUT2D eigenvalue weighted by atomic mass is 10.0. The summed E-state index contributed by atoms with van der Waals surface area (Å²) in [5.41, 5.74) is 16.3. The molecule has 0 aliphatic carbocycles. The van der Waals surface area contributed by atoms with Gasteiger partial charge in [0, 0.05) is 47.7 Å². The molecular formula is C38H54N4O3. The van der Waals surface area contributed by atoms with E-state index >= 15 is 0 Å². The molecule has 3 aromatic rings. The van der Waals surface area contributed by atoms with Crippen molar-refractivity contribution in [2.75, 3.05) is 6.54 Å². The van der Waals surface area contributed by atoms with E-state index in [2.05, 4.69) is 98.5 Å². The number of aliphatic hydroxyl groups excluding tert-OH is 2. The van der Waals surface area contributed by atoms with Crippen LogP contribution in [0.4, 0.5) is 0 Å². The number of ketones is 1. The van der Waals surface area contributed by atoms with E-state index in [1.807, 2.05) is 44.3 Å². The van der Waals surface area contributed by atoms with Crippen LogP contribution in [-0.4, -0.2) is 39.7 Å². The van der Waals surface area contributed by atoms with Gasteiger partial charge in [-0.3, -0.25) is 9.78 Å². The van der Waals surface area contributed by atoms with Gasteiger partial charge in [-0.2, -0.15) is 0 Å². The van der Waals surface area contributed by atoms with E-state index in [0.717, 1.165) is 28.8 Å². The molecular weight excluding hydrogens is 560 g/mol. The van der Waals surface area contributed by atoms with Gasteiger partial charge in [0.05, 0.1) is 6.10 Å². The molecule has 1 heterocycles. The van der Waals surface area contributed by atoms with Crippen LogP contribution in [0.2, 0.25) is 0 Å². The van der Waals surface area contributed by atoms with E-state index in [-0.39, 0.29) is 12.2 Å². The minimum atomic E-state index is -0.475. The normalized spacial score (nSPS) is 10.3. The second kappa shape index (κ2) is 27.0. The third-order valence-electron chi connectivity index (χ3n) is 5.84. The Kier molecular flexibility index (Phi) is 25.6. The molecule has 244 valence electrons. The molecule has 1 aromatic heterocycles. The number of hydrogen-bond acceptors (Lipinski definition) is 7. The summed E-state index contributed by atoms with van der Waals surface area (Å²) < 4.78 is 0. The van der Waals surface area contributed by atoms with Crippen molar-refractivity contribution >= 4 is 11.5 Å². The number of pyridine rings is 1. The quantitative estimate of drug-likeness (QED) is 0.151. The third kappa shape index (κ3) is 23.6. The van der Waals surface area contributed by atoms with Gasteiger partial charge in [0.2, 0.25) is 0 Å². The van der Waals surface area contributed by atoms with Crippen molar-refractivity contribution in [3.8, 4) is 24.0 Å². The molecule has 0 aliphatic heterocycles. The first-order valence-electron chi connectivity index (χ1n) is 15.2. The highest BCUT2D eigenvalue weighted by Crippen LogP contribution is 2.13. The highest BCUT2D eigenvalue weighted by molar-refractivity contribution is 5.75. The topological polar surface area (TPSA) is 134 Å². The first kappa shape index (κ1) is 42.6. The molecule has 0 aliphatic rings. The molecule has 0 bridgehead atoms. The fourth-order valence-corrected chi connectivity index (χ4v) is 3.19. The Morgan fingerprint density at radius 3 is 1.84 bits per heavy atom. The van der Waals surface area contributed by atoms with Gasteiger partial charge in [0.1, 0.15) is 11.9 Å². The Morgan fingerprint density at radius 1 is 0.978 bits per heavy atom. The molecule has 7 N–H and O–H groups in total. The zero-order valence-corrected chi connectivity index (χ0v) is 28.4. The summed E-state index contributed by atoms with van der Waals surface area (Å²) in [7, 11) is 0. The van der Waals surface area contributed by atoms with E-state index in [1.165, 1.54) is 24.2 Å². The fourth-order valence-electron chi connectivity index (χ4n) is 3.19. The molecule has 2 unspecified atom stereocenters. The largest absolute Gasteiger partial charge is 0.461 e. The minimum Gasteiger partial charge on any atom is -0.461 e. The Labute approximate surface area is 272 Å². The van der Waals surface area contributed by atoms with Crippen molar-refractivity contribution < 1.29 is 15.0 Å². The van der Waals surface area contributed by atoms with Crippen LogP contribution in [0.1, 0.15) is 82.7 Å². The number of nitrogens with zero attached hydrogens (tertiary/aromatic N) is 1. The summed E-state index contributed by atoms with van der Waals surface area (Å²) in [6.45, 7) is 20.6. The van der Waals surface area contributed by atoms with E-state index in [4.69, 9.17) is 15.9 Å². The van der Waals surface area contributed by atoms with E-state index in [0.29, 0.717) is 18.5 Å². The zero-order valence-electron chi connectivity index (χ0n) is 28.4. The third-order valence-corrected chi connectivity index (χ3v) is 5.84. The number of aromatic nitrogens is 1. The van der Waals surface area contributed by atoms with Gasteiger partial charge < -0.3 is 27.0 Å². The molecule has 2 aromatic carbocycles. The van der Waals surface area contributed by atoms with Crippen molar-refractivity contribution in [1.29, 1.82) is 0 Å². The average Bonchev–Trinajstić information content (AvgIpc) is 3.02. The highest BCUT2D eigenvalue weighted by atomic mass is 16.3. The predicted octanol–water partition coefficient (Wildman–Crippen LogP) is 6.19. The lowest BCUT2D eigenvalue weighted by Gasteiger charge is -2.20. The maximum atomic E-state index is 10.1.